The molecule has 1 fully saturated rings. The van der Waals surface area contributed by atoms with Gasteiger partial charge in [-0.3, -0.25) is 4.79 Å². The third-order valence-electron chi connectivity index (χ3n) is 4.28. The van der Waals surface area contributed by atoms with Crippen LogP contribution >= 0.6 is 11.3 Å². The molecule has 2 rings (SSSR count). The van der Waals surface area contributed by atoms with Crippen molar-refractivity contribution in [1.82, 2.24) is 14.1 Å². The van der Waals surface area contributed by atoms with E-state index in [4.69, 9.17) is 4.74 Å². The van der Waals surface area contributed by atoms with Crippen LogP contribution in [0.2, 0.25) is 0 Å². The minimum atomic E-state index is -3.56. The lowest BCUT2D eigenvalue weighted by Crippen LogP contribution is -2.52. The van der Waals surface area contributed by atoms with Crippen LogP contribution in [0.5, 0.6) is 0 Å². The van der Waals surface area contributed by atoms with Crippen LogP contribution in [0.3, 0.4) is 0 Å². The van der Waals surface area contributed by atoms with Crippen molar-refractivity contribution in [3.05, 3.63) is 15.8 Å². The van der Waals surface area contributed by atoms with Crippen molar-refractivity contribution in [2.24, 2.45) is 0 Å². The first kappa shape index (κ1) is 22.6. The van der Waals surface area contributed by atoms with Gasteiger partial charge in [0.05, 0.1) is 4.90 Å². The van der Waals surface area contributed by atoms with E-state index in [9.17, 15) is 18.0 Å². The summed E-state index contributed by atoms with van der Waals surface area (Å²) in [5.74, 6) is -0.229. The second kappa shape index (κ2) is 8.38. The summed E-state index contributed by atoms with van der Waals surface area (Å²) in [6, 6.07) is 1.70. The number of hydrogen-bond acceptors (Lipinski definition) is 6. The number of sulfonamides is 1. The van der Waals surface area contributed by atoms with Crippen molar-refractivity contribution in [2.75, 3.05) is 39.8 Å². The zero-order valence-corrected chi connectivity index (χ0v) is 18.9. The molecule has 0 radical (unpaired) electrons. The number of piperazine rings is 1. The van der Waals surface area contributed by atoms with E-state index in [1.807, 2.05) is 6.92 Å². The number of amides is 2. The highest BCUT2D eigenvalue weighted by Crippen LogP contribution is 2.28. The predicted molar refractivity (Wildman–Crippen MR) is 108 cm³/mol. The molecule has 0 unspecified atom stereocenters. The van der Waals surface area contributed by atoms with E-state index >= 15 is 0 Å². The van der Waals surface area contributed by atoms with Gasteiger partial charge in [-0.15, -0.1) is 11.3 Å². The first-order chi connectivity index (χ1) is 12.8. The maximum atomic E-state index is 12.9. The van der Waals surface area contributed by atoms with Gasteiger partial charge in [0.1, 0.15) is 12.1 Å². The fourth-order valence-corrected chi connectivity index (χ4v) is 5.83. The summed E-state index contributed by atoms with van der Waals surface area (Å²) in [5.41, 5.74) is -0.632. The van der Waals surface area contributed by atoms with Crippen molar-refractivity contribution in [3.8, 4) is 0 Å². The van der Waals surface area contributed by atoms with Gasteiger partial charge in [0.15, 0.2) is 0 Å². The molecule has 28 heavy (non-hydrogen) atoms. The minimum absolute atomic E-state index is 0.107. The number of hydrogen-bond donors (Lipinski definition) is 0. The van der Waals surface area contributed by atoms with E-state index in [1.165, 1.54) is 27.6 Å². The SMILES string of the molecule is Cc1cc(S(=O)(=O)N2CCN(C(=O)CN(C)C(=O)OC(C)(C)C)CC2)c(C)s1. The van der Waals surface area contributed by atoms with Gasteiger partial charge in [0.2, 0.25) is 15.9 Å². The van der Waals surface area contributed by atoms with Gasteiger partial charge in [-0.1, -0.05) is 0 Å². The summed E-state index contributed by atoms with van der Waals surface area (Å²) in [5, 5.41) is 0. The van der Waals surface area contributed by atoms with Crippen LogP contribution < -0.4 is 0 Å². The third-order valence-corrected chi connectivity index (χ3v) is 7.40. The Hall–Kier alpha value is -1.65. The summed E-state index contributed by atoms with van der Waals surface area (Å²) in [4.78, 5) is 29.4. The Kier molecular flexibility index (Phi) is 6.78. The van der Waals surface area contributed by atoms with E-state index in [-0.39, 0.29) is 25.5 Å². The molecule has 1 aliphatic heterocycles. The van der Waals surface area contributed by atoms with Crippen LogP contribution in [0, 0.1) is 13.8 Å². The van der Waals surface area contributed by atoms with Crippen LogP contribution in [-0.2, 0) is 19.6 Å². The highest BCUT2D eigenvalue weighted by atomic mass is 32.2. The normalized spacial score (nSPS) is 16.1. The topological polar surface area (TPSA) is 87.2 Å². The highest BCUT2D eigenvalue weighted by Gasteiger charge is 2.32. The van der Waals surface area contributed by atoms with Gasteiger partial charge in [-0.2, -0.15) is 4.31 Å². The van der Waals surface area contributed by atoms with Crippen molar-refractivity contribution < 1.29 is 22.7 Å². The Morgan fingerprint density at radius 3 is 2.21 bits per heavy atom. The molecule has 1 aromatic rings. The van der Waals surface area contributed by atoms with Gasteiger partial charge in [0.25, 0.3) is 0 Å². The van der Waals surface area contributed by atoms with Gasteiger partial charge in [-0.05, 0) is 40.7 Å². The minimum Gasteiger partial charge on any atom is -0.444 e. The number of carbonyl (C=O) groups is 2. The van der Waals surface area contributed by atoms with E-state index in [0.717, 1.165) is 9.75 Å². The van der Waals surface area contributed by atoms with Crippen LogP contribution in [0.1, 0.15) is 30.5 Å². The lowest BCUT2D eigenvalue weighted by atomic mass is 10.2. The fraction of sp³-hybridized carbons (Fsp3) is 0.667. The number of aryl methyl sites for hydroxylation is 2. The van der Waals surface area contributed by atoms with E-state index in [1.54, 1.807) is 38.7 Å². The number of thiophene rings is 1. The second-order valence-electron chi connectivity index (χ2n) is 7.90. The van der Waals surface area contributed by atoms with E-state index in [0.29, 0.717) is 18.0 Å². The zero-order chi connectivity index (χ0) is 21.3. The molecule has 2 heterocycles. The molecule has 0 bridgehead atoms. The van der Waals surface area contributed by atoms with Crippen LogP contribution in [0.15, 0.2) is 11.0 Å². The van der Waals surface area contributed by atoms with Crippen molar-refractivity contribution in [2.45, 2.75) is 45.1 Å². The summed E-state index contributed by atoms with van der Waals surface area (Å²) in [7, 11) is -2.05. The molecular weight excluding hydrogens is 402 g/mol. The number of nitrogens with zero attached hydrogens (tertiary/aromatic N) is 3. The standard InChI is InChI=1S/C18H29N3O5S2/c1-13-11-15(14(2)27-13)28(24,25)21-9-7-20(8-10-21)16(22)12-19(6)17(23)26-18(3,4)5/h11H,7-10,12H2,1-6H3. The number of likely N-dealkylation sites (N-methyl/N-ethyl adjacent to an activating group) is 1. The lowest BCUT2D eigenvalue weighted by Gasteiger charge is -2.35. The molecule has 0 aromatic carbocycles. The predicted octanol–water partition coefficient (Wildman–Crippen LogP) is 2.06. The summed E-state index contributed by atoms with van der Waals surface area (Å²) in [6.45, 7) is 9.92. The Morgan fingerprint density at radius 1 is 1.18 bits per heavy atom. The van der Waals surface area contributed by atoms with Crippen molar-refractivity contribution >= 4 is 33.4 Å². The van der Waals surface area contributed by atoms with E-state index < -0.39 is 21.7 Å². The third kappa shape index (κ3) is 5.45. The fourth-order valence-electron chi connectivity index (χ4n) is 2.89. The first-order valence-electron chi connectivity index (χ1n) is 9.10. The molecule has 10 heteroatoms. The Bertz CT molecular complexity index is 834. The van der Waals surface area contributed by atoms with Gasteiger partial charge >= 0.3 is 6.09 Å². The van der Waals surface area contributed by atoms with Crippen molar-refractivity contribution in [3.63, 3.8) is 0 Å². The number of carbonyl (C=O) groups excluding carboxylic acids is 2. The molecule has 1 aromatic heterocycles. The summed E-state index contributed by atoms with van der Waals surface area (Å²) in [6.07, 6.45) is -0.564. The molecule has 158 valence electrons. The Morgan fingerprint density at radius 2 is 1.75 bits per heavy atom. The number of rotatable bonds is 4. The van der Waals surface area contributed by atoms with Crippen LogP contribution in [-0.4, -0.2) is 79.9 Å². The summed E-state index contributed by atoms with van der Waals surface area (Å²) < 4.78 is 32.4. The second-order valence-corrected chi connectivity index (χ2v) is 11.3. The zero-order valence-electron chi connectivity index (χ0n) is 17.3. The van der Waals surface area contributed by atoms with Crippen molar-refractivity contribution in [1.29, 1.82) is 0 Å². The summed E-state index contributed by atoms with van der Waals surface area (Å²) >= 11 is 1.46. The van der Waals surface area contributed by atoms with Gasteiger partial charge < -0.3 is 14.5 Å². The molecule has 0 saturated carbocycles. The molecule has 1 aliphatic rings. The number of ether oxygens (including phenoxy) is 1. The monoisotopic (exact) mass is 431 g/mol. The maximum Gasteiger partial charge on any atom is 0.410 e. The Balaban J connectivity index is 1.93. The smallest absolute Gasteiger partial charge is 0.410 e. The first-order valence-corrected chi connectivity index (χ1v) is 11.4. The molecule has 0 atom stereocenters. The highest BCUT2D eigenvalue weighted by molar-refractivity contribution is 7.89. The molecule has 0 spiro atoms. The lowest BCUT2D eigenvalue weighted by molar-refractivity contribution is -0.133. The molecular formula is C18H29N3O5S2. The van der Waals surface area contributed by atoms with E-state index in [2.05, 4.69) is 0 Å². The van der Waals surface area contributed by atoms with Gasteiger partial charge in [0, 0.05) is 43.0 Å². The van der Waals surface area contributed by atoms with Gasteiger partial charge in [-0.25, -0.2) is 13.2 Å². The average molecular weight is 432 g/mol. The molecule has 2 amide bonds. The van der Waals surface area contributed by atoms with Crippen LogP contribution in [0.4, 0.5) is 4.79 Å². The molecule has 1 saturated heterocycles. The molecule has 0 aliphatic carbocycles. The molecule has 0 N–H and O–H groups in total. The van der Waals surface area contributed by atoms with Crippen LogP contribution in [0.25, 0.3) is 0 Å². The Labute approximate surface area is 171 Å². The maximum absolute atomic E-state index is 12.9. The average Bonchev–Trinajstić information content (AvgIpc) is 2.92. The quantitative estimate of drug-likeness (QED) is 0.728. The largest absolute Gasteiger partial charge is 0.444 e. The molecule has 8 nitrogen and oxygen atoms in total.